The topological polar surface area (TPSA) is 32.3 Å². The number of unbranched alkanes of at least 4 members (excludes halogenated alkanes) is 1. The molecule has 3 aliphatic rings. The van der Waals surface area contributed by atoms with Crippen LogP contribution in [0.2, 0.25) is 0 Å². The van der Waals surface area contributed by atoms with Crippen molar-refractivity contribution in [3.05, 3.63) is 0 Å². The van der Waals surface area contributed by atoms with Gasteiger partial charge in [0.2, 0.25) is 5.91 Å². The number of carbonyl (C=O) groups excluding carboxylic acids is 1. The van der Waals surface area contributed by atoms with Gasteiger partial charge in [0.05, 0.1) is 12.2 Å². The summed E-state index contributed by atoms with van der Waals surface area (Å²) in [6, 6.07) is 0.659. The number of hydrogen-bond donors (Lipinski definition) is 1. The van der Waals surface area contributed by atoms with Crippen LogP contribution in [0.25, 0.3) is 0 Å². The highest BCUT2D eigenvalue weighted by atomic mass is 16.2. The van der Waals surface area contributed by atoms with Gasteiger partial charge in [-0.2, -0.15) is 0 Å². The molecule has 2 unspecified atom stereocenters. The van der Waals surface area contributed by atoms with E-state index in [1.807, 2.05) is 0 Å². The Labute approximate surface area is 110 Å². The highest BCUT2D eigenvalue weighted by molar-refractivity contribution is 5.84. The number of nitrogens with zero attached hydrogens (tertiary/aromatic N) is 1. The van der Waals surface area contributed by atoms with Crippen molar-refractivity contribution in [3.8, 4) is 0 Å². The second kappa shape index (κ2) is 4.84. The first-order valence-corrected chi connectivity index (χ1v) is 7.80. The fraction of sp³-hybridized carbons (Fsp3) is 0.933. The van der Waals surface area contributed by atoms with Crippen molar-refractivity contribution in [2.45, 2.75) is 77.0 Å². The standard InChI is InChI=1S/C15H26N2O/c1-3-4-5-13-15(18)17(10(2)16-13)14(11-6-7-11)12-8-9-12/h10-14,16H,3-9H2,1-2H3. The summed E-state index contributed by atoms with van der Waals surface area (Å²) in [5, 5.41) is 3.51. The molecular formula is C15H26N2O. The normalized spacial score (nSPS) is 32.6. The van der Waals surface area contributed by atoms with Crippen LogP contribution in [0, 0.1) is 11.8 Å². The molecule has 1 amide bonds. The monoisotopic (exact) mass is 250 g/mol. The van der Waals surface area contributed by atoms with Crippen molar-refractivity contribution in [1.29, 1.82) is 0 Å². The Kier molecular flexibility index (Phi) is 3.35. The maximum atomic E-state index is 12.6. The Balaban J connectivity index is 1.68. The summed E-state index contributed by atoms with van der Waals surface area (Å²) in [6.45, 7) is 4.36. The summed E-state index contributed by atoms with van der Waals surface area (Å²) in [4.78, 5) is 14.8. The van der Waals surface area contributed by atoms with E-state index in [0.717, 1.165) is 24.7 Å². The van der Waals surface area contributed by atoms with Crippen molar-refractivity contribution in [2.24, 2.45) is 11.8 Å². The lowest BCUT2D eigenvalue weighted by molar-refractivity contribution is -0.133. The van der Waals surface area contributed by atoms with Gasteiger partial charge in [0, 0.05) is 6.04 Å². The first kappa shape index (κ1) is 12.5. The number of carbonyl (C=O) groups is 1. The van der Waals surface area contributed by atoms with Gasteiger partial charge >= 0.3 is 0 Å². The van der Waals surface area contributed by atoms with E-state index in [9.17, 15) is 4.79 Å². The molecule has 0 aromatic carbocycles. The van der Waals surface area contributed by atoms with Crippen LogP contribution in [0.15, 0.2) is 0 Å². The molecule has 2 aliphatic carbocycles. The maximum Gasteiger partial charge on any atom is 0.241 e. The zero-order valence-electron chi connectivity index (χ0n) is 11.7. The lowest BCUT2D eigenvalue weighted by Crippen LogP contribution is -2.45. The molecule has 3 rings (SSSR count). The molecule has 1 aliphatic heterocycles. The fourth-order valence-electron chi connectivity index (χ4n) is 3.55. The molecule has 0 spiro atoms. The first-order valence-electron chi connectivity index (χ1n) is 7.80. The van der Waals surface area contributed by atoms with E-state index in [1.54, 1.807) is 0 Å². The predicted octanol–water partition coefficient (Wildman–Crippen LogP) is 2.51. The summed E-state index contributed by atoms with van der Waals surface area (Å²) >= 11 is 0. The number of amides is 1. The molecule has 1 N–H and O–H groups in total. The molecule has 3 fully saturated rings. The molecule has 0 aromatic rings. The second-order valence-corrected chi connectivity index (χ2v) is 6.45. The third-order valence-corrected chi connectivity index (χ3v) is 4.79. The van der Waals surface area contributed by atoms with Gasteiger partial charge in [0.1, 0.15) is 0 Å². The first-order chi connectivity index (χ1) is 8.72. The lowest BCUT2D eigenvalue weighted by atomic mass is 10.0. The minimum Gasteiger partial charge on any atom is -0.323 e. The molecule has 0 radical (unpaired) electrons. The zero-order valence-corrected chi connectivity index (χ0v) is 11.7. The largest absolute Gasteiger partial charge is 0.323 e. The highest BCUT2D eigenvalue weighted by Gasteiger charge is 2.50. The molecule has 1 saturated heterocycles. The Morgan fingerprint density at radius 3 is 2.39 bits per heavy atom. The van der Waals surface area contributed by atoms with Crippen LogP contribution < -0.4 is 5.32 Å². The van der Waals surface area contributed by atoms with Crippen molar-refractivity contribution in [3.63, 3.8) is 0 Å². The minimum absolute atomic E-state index is 0.0972. The molecule has 1 heterocycles. The smallest absolute Gasteiger partial charge is 0.241 e. The van der Waals surface area contributed by atoms with Crippen molar-refractivity contribution >= 4 is 5.91 Å². The van der Waals surface area contributed by atoms with Crippen LogP contribution in [0.4, 0.5) is 0 Å². The summed E-state index contributed by atoms with van der Waals surface area (Å²) in [7, 11) is 0. The maximum absolute atomic E-state index is 12.6. The van der Waals surface area contributed by atoms with Gasteiger partial charge in [-0.1, -0.05) is 19.8 Å². The summed E-state index contributed by atoms with van der Waals surface area (Å²) in [6.07, 6.45) is 8.97. The zero-order chi connectivity index (χ0) is 12.7. The van der Waals surface area contributed by atoms with Crippen molar-refractivity contribution < 1.29 is 4.79 Å². The van der Waals surface area contributed by atoms with Gasteiger partial charge in [-0.3, -0.25) is 10.1 Å². The Morgan fingerprint density at radius 2 is 1.89 bits per heavy atom. The highest BCUT2D eigenvalue weighted by Crippen LogP contribution is 2.48. The van der Waals surface area contributed by atoms with Crippen LogP contribution in [-0.4, -0.2) is 29.1 Å². The number of hydrogen-bond acceptors (Lipinski definition) is 2. The van der Waals surface area contributed by atoms with E-state index in [1.165, 1.54) is 32.1 Å². The minimum atomic E-state index is 0.0972. The summed E-state index contributed by atoms with van der Waals surface area (Å²) in [5.41, 5.74) is 0. The molecule has 0 aromatic heterocycles. The van der Waals surface area contributed by atoms with E-state index in [4.69, 9.17) is 0 Å². The average molecular weight is 250 g/mol. The SMILES string of the molecule is CCCCC1NC(C)N(C(C2CC2)C2CC2)C1=O. The summed E-state index contributed by atoms with van der Waals surface area (Å²) in [5.74, 6) is 2.02. The van der Waals surface area contributed by atoms with Crippen molar-refractivity contribution in [2.75, 3.05) is 0 Å². The molecule has 18 heavy (non-hydrogen) atoms. The molecule has 2 atom stereocenters. The van der Waals surface area contributed by atoms with Gasteiger partial charge < -0.3 is 4.90 Å². The van der Waals surface area contributed by atoms with Gasteiger partial charge in [-0.15, -0.1) is 0 Å². The molecule has 2 saturated carbocycles. The molecule has 3 nitrogen and oxygen atoms in total. The van der Waals surface area contributed by atoms with E-state index in [2.05, 4.69) is 24.1 Å². The van der Waals surface area contributed by atoms with E-state index in [0.29, 0.717) is 11.9 Å². The number of nitrogens with one attached hydrogen (secondary N) is 1. The van der Waals surface area contributed by atoms with E-state index >= 15 is 0 Å². The Morgan fingerprint density at radius 1 is 1.28 bits per heavy atom. The third kappa shape index (κ3) is 2.29. The van der Waals surface area contributed by atoms with Crippen LogP contribution in [0.1, 0.15) is 58.8 Å². The Bertz CT molecular complexity index is 310. The molecule has 0 bridgehead atoms. The van der Waals surface area contributed by atoms with E-state index < -0.39 is 0 Å². The average Bonchev–Trinajstić information content (AvgIpc) is 3.23. The Hall–Kier alpha value is -0.570. The van der Waals surface area contributed by atoms with Gasteiger partial charge in [0.15, 0.2) is 0 Å². The number of rotatable bonds is 6. The van der Waals surface area contributed by atoms with Crippen molar-refractivity contribution in [1.82, 2.24) is 10.2 Å². The molecular weight excluding hydrogens is 224 g/mol. The fourth-order valence-corrected chi connectivity index (χ4v) is 3.55. The molecule has 102 valence electrons. The third-order valence-electron chi connectivity index (χ3n) is 4.79. The van der Waals surface area contributed by atoms with E-state index in [-0.39, 0.29) is 12.2 Å². The lowest BCUT2D eigenvalue weighted by Gasteiger charge is -2.31. The molecule has 3 heteroatoms. The van der Waals surface area contributed by atoms with Gasteiger partial charge in [-0.05, 0) is 50.9 Å². The quantitative estimate of drug-likeness (QED) is 0.785. The van der Waals surface area contributed by atoms with Crippen LogP contribution >= 0.6 is 0 Å². The van der Waals surface area contributed by atoms with Gasteiger partial charge in [-0.25, -0.2) is 0 Å². The van der Waals surface area contributed by atoms with Crippen LogP contribution in [0.3, 0.4) is 0 Å². The predicted molar refractivity (Wildman–Crippen MR) is 72.0 cm³/mol. The van der Waals surface area contributed by atoms with Crippen LogP contribution in [0.5, 0.6) is 0 Å². The summed E-state index contributed by atoms with van der Waals surface area (Å²) < 4.78 is 0. The van der Waals surface area contributed by atoms with Gasteiger partial charge in [0.25, 0.3) is 0 Å². The van der Waals surface area contributed by atoms with Crippen LogP contribution in [-0.2, 0) is 4.79 Å². The second-order valence-electron chi connectivity index (χ2n) is 6.45.